The van der Waals surface area contributed by atoms with Crippen LogP contribution >= 0.6 is 15.9 Å². The second kappa shape index (κ2) is 5.27. The lowest BCUT2D eigenvalue weighted by Gasteiger charge is -2.06. The zero-order chi connectivity index (χ0) is 12.3. The maximum atomic E-state index is 13.0. The molecule has 0 unspecified atom stereocenters. The Morgan fingerprint density at radius 2 is 1.65 bits per heavy atom. The van der Waals surface area contributed by atoms with Crippen molar-refractivity contribution in [3.8, 4) is 5.75 Å². The van der Waals surface area contributed by atoms with E-state index >= 15 is 0 Å². The monoisotopic (exact) mass is 298 g/mol. The lowest BCUT2D eigenvalue weighted by molar-refractivity contribution is 0.304. The standard InChI is InChI=1S/C13H9BrF2O/c14-10-5-12(16)7-13(6-10)17-8-9-1-3-11(15)4-2-9/h1-7H,8H2. The smallest absolute Gasteiger partial charge is 0.128 e. The molecule has 0 spiro atoms. The second-order valence-corrected chi connectivity index (χ2v) is 4.44. The van der Waals surface area contributed by atoms with E-state index in [9.17, 15) is 8.78 Å². The number of benzene rings is 2. The van der Waals surface area contributed by atoms with Crippen LogP contribution in [0.3, 0.4) is 0 Å². The van der Waals surface area contributed by atoms with Gasteiger partial charge in [0.05, 0.1) is 0 Å². The molecule has 0 radical (unpaired) electrons. The van der Waals surface area contributed by atoms with Gasteiger partial charge in [0, 0.05) is 10.5 Å². The SMILES string of the molecule is Fc1ccc(COc2cc(F)cc(Br)c2)cc1. The summed E-state index contributed by atoms with van der Waals surface area (Å²) in [5.74, 6) is -0.225. The Kier molecular flexibility index (Phi) is 3.74. The summed E-state index contributed by atoms with van der Waals surface area (Å²) in [4.78, 5) is 0. The Hall–Kier alpha value is -1.42. The molecule has 17 heavy (non-hydrogen) atoms. The first-order valence-corrected chi connectivity index (χ1v) is 5.76. The van der Waals surface area contributed by atoms with Gasteiger partial charge in [-0.25, -0.2) is 8.78 Å². The number of hydrogen-bond donors (Lipinski definition) is 0. The summed E-state index contributed by atoms with van der Waals surface area (Å²) in [7, 11) is 0. The van der Waals surface area contributed by atoms with Gasteiger partial charge in [-0.15, -0.1) is 0 Å². The minimum Gasteiger partial charge on any atom is -0.489 e. The summed E-state index contributed by atoms with van der Waals surface area (Å²) in [6, 6.07) is 10.3. The van der Waals surface area contributed by atoms with Crippen molar-refractivity contribution in [3.05, 3.63) is 64.1 Å². The Morgan fingerprint density at radius 1 is 0.941 bits per heavy atom. The van der Waals surface area contributed by atoms with Crippen molar-refractivity contribution in [2.24, 2.45) is 0 Å². The summed E-state index contributed by atoms with van der Waals surface area (Å²) in [5.41, 5.74) is 0.826. The van der Waals surface area contributed by atoms with E-state index in [1.54, 1.807) is 18.2 Å². The van der Waals surface area contributed by atoms with Gasteiger partial charge in [0.2, 0.25) is 0 Å². The van der Waals surface area contributed by atoms with Crippen LogP contribution in [0.4, 0.5) is 8.78 Å². The van der Waals surface area contributed by atoms with E-state index in [0.29, 0.717) is 10.2 Å². The molecule has 0 heterocycles. The van der Waals surface area contributed by atoms with Crippen molar-refractivity contribution in [1.82, 2.24) is 0 Å². The molecular formula is C13H9BrF2O. The molecular weight excluding hydrogens is 290 g/mol. The van der Waals surface area contributed by atoms with Gasteiger partial charge in [-0.1, -0.05) is 28.1 Å². The van der Waals surface area contributed by atoms with Crippen LogP contribution in [0.15, 0.2) is 46.9 Å². The molecule has 88 valence electrons. The molecule has 0 amide bonds. The molecule has 0 saturated heterocycles. The average Bonchev–Trinajstić information content (AvgIpc) is 2.27. The zero-order valence-electron chi connectivity index (χ0n) is 8.79. The molecule has 2 aromatic carbocycles. The van der Waals surface area contributed by atoms with Crippen LogP contribution in [0.1, 0.15) is 5.56 Å². The number of rotatable bonds is 3. The summed E-state index contributed by atoms with van der Waals surface area (Å²) in [5, 5.41) is 0. The minimum atomic E-state index is -0.367. The Balaban J connectivity index is 2.04. The van der Waals surface area contributed by atoms with Crippen LogP contribution in [0.25, 0.3) is 0 Å². The van der Waals surface area contributed by atoms with Gasteiger partial charge in [-0.2, -0.15) is 0 Å². The van der Waals surface area contributed by atoms with Crippen LogP contribution in [0.2, 0.25) is 0 Å². The third kappa shape index (κ3) is 3.53. The molecule has 0 N–H and O–H groups in total. The summed E-state index contributed by atoms with van der Waals surface area (Å²) >= 11 is 3.18. The highest BCUT2D eigenvalue weighted by atomic mass is 79.9. The van der Waals surface area contributed by atoms with Crippen LogP contribution in [0, 0.1) is 11.6 Å². The molecule has 0 aliphatic rings. The molecule has 2 rings (SSSR count). The van der Waals surface area contributed by atoms with E-state index in [1.807, 2.05) is 0 Å². The maximum absolute atomic E-state index is 13.0. The van der Waals surface area contributed by atoms with Gasteiger partial charge in [0.1, 0.15) is 24.0 Å². The highest BCUT2D eigenvalue weighted by Gasteiger charge is 2.01. The topological polar surface area (TPSA) is 9.23 Å². The molecule has 4 heteroatoms. The molecule has 1 nitrogen and oxygen atoms in total. The lowest BCUT2D eigenvalue weighted by Crippen LogP contribution is -1.95. The third-order valence-corrected chi connectivity index (χ3v) is 2.61. The van der Waals surface area contributed by atoms with Crippen molar-refractivity contribution in [3.63, 3.8) is 0 Å². The summed E-state index contributed by atoms with van der Waals surface area (Å²) in [6.07, 6.45) is 0. The fraction of sp³-hybridized carbons (Fsp3) is 0.0769. The third-order valence-electron chi connectivity index (χ3n) is 2.15. The van der Waals surface area contributed by atoms with E-state index in [4.69, 9.17) is 4.74 Å². The van der Waals surface area contributed by atoms with Crippen molar-refractivity contribution >= 4 is 15.9 Å². The van der Waals surface area contributed by atoms with Gasteiger partial charge >= 0.3 is 0 Å². The van der Waals surface area contributed by atoms with Crippen molar-refractivity contribution < 1.29 is 13.5 Å². The van der Waals surface area contributed by atoms with E-state index in [0.717, 1.165) is 5.56 Å². The predicted octanol–water partition coefficient (Wildman–Crippen LogP) is 4.31. The normalized spacial score (nSPS) is 10.3. The fourth-order valence-corrected chi connectivity index (χ4v) is 1.80. The van der Waals surface area contributed by atoms with Gasteiger partial charge in [-0.3, -0.25) is 0 Å². The molecule has 0 aliphatic heterocycles. The number of halogens is 3. The lowest BCUT2D eigenvalue weighted by atomic mass is 10.2. The van der Waals surface area contributed by atoms with E-state index in [2.05, 4.69) is 15.9 Å². The van der Waals surface area contributed by atoms with Crippen molar-refractivity contribution in [1.29, 1.82) is 0 Å². The highest BCUT2D eigenvalue weighted by Crippen LogP contribution is 2.21. The minimum absolute atomic E-state index is 0.274. The van der Waals surface area contributed by atoms with Crippen molar-refractivity contribution in [2.45, 2.75) is 6.61 Å². The molecule has 0 atom stereocenters. The molecule has 0 aromatic heterocycles. The van der Waals surface area contributed by atoms with E-state index < -0.39 is 0 Å². The molecule has 0 bridgehead atoms. The van der Waals surface area contributed by atoms with Gasteiger partial charge in [0.25, 0.3) is 0 Å². The van der Waals surface area contributed by atoms with E-state index in [1.165, 1.54) is 24.3 Å². The molecule has 2 aromatic rings. The molecule has 0 saturated carbocycles. The van der Waals surface area contributed by atoms with Crippen LogP contribution < -0.4 is 4.74 Å². The zero-order valence-corrected chi connectivity index (χ0v) is 10.4. The Labute approximate surface area is 106 Å². The van der Waals surface area contributed by atoms with E-state index in [-0.39, 0.29) is 18.2 Å². The Bertz CT molecular complexity index is 491. The van der Waals surface area contributed by atoms with Crippen LogP contribution in [-0.2, 0) is 6.61 Å². The first kappa shape index (κ1) is 12.0. The average molecular weight is 299 g/mol. The highest BCUT2D eigenvalue weighted by molar-refractivity contribution is 9.10. The first-order chi connectivity index (χ1) is 8.13. The van der Waals surface area contributed by atoms with Crippen LogP contribution in [0.5, 0.6) is 5.75 Å². The maximum Gasteiger partial charge on any atom is 0.128 e. The number of hydrogen-bond acceptors (Lipinski definition) is 1. The quantitative estimate of drug-likeness (QED) is 0.820. The predicted molar refractivity (Wildman–Crippen MR) is 64.8 cm³/mol. The Morgan fingerprint density at radius 3 is 2.29 bits per heavy atom. The molecule has 0 aliphatic carbocycles. The fourth-order valence-electron chi connectivity index (χ4n) is 1.36. The summed E-state index contributed by atoms with van der Waals surface area (Å²) < 4.78 is 31.7. The number of ether oxygens (including phenoxy) is 1. The summed E-state index contributed by atoms with van der Waals surface area (Å²) in [6.45, 7) is 0.274. The van der Waals surface area contributed by atoms with Gasteiger partial charge < -0.3 is 4.74 Å². The first-order valence-electron chi connectivity index (χ1n) is 4.97. The molecule has 0 fully saturated rings. The van der Waals surface area contributed by atoms with Crippen LogP contribution in [-0.4, -0.2) is 0 Å². The second-order valence-electron chi connectivity index (χ2n) is 3.52. The van der Waals surface area contributed by atoms with Gasteiger partial charge in [0.15, 0.2) is 0 Å². The van der Waals surface area contributed by atoms with Crippen molar-refractivity contribution in [2.75, 3.05) is 0 Å². The van der Waals surface area contributed by atoms with Gasteiger partial charge in [-0.05, 0) is 29.8 Å². The largest absolute Gasteiger partial charge is 0.489 e.